The van der Waals surface area contributed by atoms with Crippen molar-refractivity contribution in [2.45, 2.75) is 31.1 Å². The predicted octanol–water partition coefficient (Wildman–Crippen LogP) is 1.85. The van der Waals surface area contributed by atoms with Gasteiger partial charge in [0, 0.05) is 6.20 Å². The van der Waals surface area contributed by atoms with E-state index in [9.17, 15) is 4.79 Å². The van der Waals surface area contributed by atoms with Gasteiger partial charge in [-0.05, 0) is 25.0 Å². The molecular weight excluding hydrogens is 176 g/mol. The molecule has 1 amide bonds. The molecule has 1 N–H and O–H groups in total. The van der Waals surface area contributed by atoms with E-state index in [0.717, 1.165) is 37.1 Å². The summed E-state index contributed by atoms with van der Waals surface area (Å²) in [7, 11) is 0. The summed E-state index contributed by atoms with van der Waals surface area (Å²) in [6, 6.07) is 3.81. The monoisotopic (exact) mass is 188 g/mol. The minimum atomic E-state index is -0.281. The van der Waals surface area contributed by atoms with E-state index in [0.29, 0.717) is 0 Å². The van der Waals surface area contributed by atoms with Gasteiger partial charge in [-0.15, -0.1) is 0 Å². The number of carbonyl (C=O) groups is 1. The van der Waals surface area contributed by atoms with Crippen molar-refractivity contribution in [3.8, 4) is 0 Å². The zero-order valence-corrected chi connectivity index (χ0v) is 7.92. The van der Waals surface area contributed by atoms with Crippen molar-refractivity contribution >= 4 is 11.6 Å². The molecule has 1 saturated carbocycles. The van der Waals surface area contributed by atoms with Crippen LogP contribution in [0, 0.1) is 0 Å². The first-order valence-corrected chi connectivity index (χ1v) is 5.10. The number of rotatable bonds is 0. The molecule has 1 aromatic rings. The summed E-state index contributed by atoms with van der Waals surface area (Å²) >= 11 is 0. The van der Waals surface area contributed by atoms with Crippen LogP contribution in [0.1, 0.15) is 31.4 Å². The number of hydrogen-bond donors (Lipinski definition) is 1. The summed E-state index contributed by atoms with van der Waals surface area (Å²) in [4.78, 5) is 16.3. The van der Waals surface area contributed by atoms with Crippen LogP contribution in [0.15, 0.2) is 18.3 Å². The number of hydrogen-bond acceptors (Lipinski definition) is 2. The molecule has 0 atom stereocenters. The Labute approximate surface area is 82.5 Å². The Bertz CT molecular complexity index is 394. The summed E-state index contributed by atoms with van der Waals surface area (Å²) in [5.41, 5.74) is 1.61. The van der Waals surface area contributed by atoms with Crippen LogP contribution < -0.4 is 5.32 Å². The first-order valence-electron chi connectivity index (χ1n) is 5.10. The maximum atomic E-state index is 11.9. The van der Waals surface area contributed by atoms with Crippen LogP contribution in [0.5, 0.6) is 0 Å². The third-order valence-corrected chi connectivity index (χ3v) is 3.40. The van der Waals surface area contributed by atoms with Crippen LogP contribution in [0.2, 0.25) is 0 Å². The summed E-state index contributed by atoms with van der Waals surface area (Å²) in [6.07, 6.45) is 5.98. The lowest BCUT2D eigenvalue weighted by atomic mass is 9.83. The van der Waals surface area contributed by atoms with Gasteiger partial charge in [-0.1, -0.05) is 12.8 Å². The summed E-state index contributed by atoms with van der Waals surface area (Å²) in [6.45, 7) is 0. The van der Waals surface area contributed by atoms with Crippen molar-refractivity contribution in [3.63, 3.8) is 0 Å². The Morgan fingerprint density at radius 2 is 2.14 bits per heavy atom. The van der Waals surface area contributed by atoms with E-state index < -0.39 is 0 Å². The Balaban J connectivity index is 2.18. The Morgan fingerprint density at radius 3 is 2.93 bits per heavy atom. The quantitative estimate of drug-likeness (QED) is 0.675. The number of carbonyl (C=O) groups excluding carboxylic acids is 1. The van der Waals surface area contributed by atoms with Gasteiger partial charge >= 0.3 is 0 Å². The Morgan fingerprint density at radius 1 is 1.36 bits per heavy atom. The lowest BCUT2D eigenvalue weighted by Crippen LogP contribution is -2.31. The second-order valence-corrected chi connectivity index (χ2v) is 4.14. The minimum absolute atomic E-state index is 0.156. The molecule has 3 heteroatoms. The van der Waals surface area contributed by atoms with Crippen molar-refractivity contribution in [2.75, 3.05) is 5.32 Å². The molecule has 2 heterocycles. The van der Waals surface area contributed by atoms with Gasteiger partial charge in [0.1, 0.15) is 0 Å². The van der Waals surface area contributed by atoms with Gasteiger partial charge in [-0.2, -0.15) is 0 Å². The second-order valence-electron chi connectivity index (χ2n) is 4.14. The maximum absolute atomic E-state index is 11.9. The fourth-order valence-electron chi connectivity index (χ4n) is 2.68. The van der Waals surface area contributed by atoms with Gasteiger partial charge in [0.2, 0.25) is 5.91 Å². The van der Waals surface area contributed by atoms with Gasteiger partial charge in [0.05, 0.1) is 16.8 Å². The van der Waals surface area contributed by atoms with E-state index >= 15 is 0 Å². The average Bonchev–Trinajstić information content (AvgIpc) is 2.77. The Kier molecular flexibility index (Phi) is 1.46. The molecule has 0 unspecified atom stereocenters. The first-order chi connectivity index (χ1) is 6.83. The largest absolute Gasteiger partial charge is 0.324 e. The predicted molar refractivity (Wildman–Crippen MR) is 53.0 cm³/mol. The highest BCUT2D eigenvalue weighted by Crippen LogP contribution is 2.47. The SMILES string of the molecule is O=C1Nc2cccnc2C12CCCC2. The van der Waals surface area contributed by atoms with Crippen LogP contribution in [-0.4, -0.2) is 10.9 Å². The number of fused-ring (bicyclic) bond motifs is 2. The van der Waals surface area contributed by atoms with E-state index in [1.807, 2.05) is 12.1 Å². The van der Waals surface area contributed by atoms with Gasteiger partial charge in [0.15, 0.2) is 0 Å². The fourth-order valence-corrected chi connectivity index (χ4v) is 2.68. The highest BCUT2D eigenvalue weighted by molar-refractivity contribution is 6.05. The van der Waals surface area contributed by atoms with Gasteiger partial charge in [0.25, 0.3) is 0 Å². The van der Waals surface area contributed by atoms with E-state index in [-0.39, 0.29) is 11.3 Å². The van der Waals surface area contributed by atoms with Crippen molar-refractivity contribution < 1.29 is 4.79 Å². The number of pyridine rings is 1. The standard InChI is InChI=1S/C11H12N2O/c14-10-11(5-1-2-6-11)9-8(13-10)4-3-7-12-9/h3-4,7H,1-2,5-6H2,(H,13,14). The third-order valence-electron chi connectivity index (χ3n) is 3.40. The summed E-state index contributed by atoms with van der Waals surface area (Å²) in [5, 5.41) is 2.93. The molecule has 1 aliphatic carbocycles. The topological polar surface area (TPSA) is 42.0 Å². The van der Waals surface area contributed by atoms with E-state index in [2.05, 4.69) is 10.3 Å². The van der Waals surface area contributed by atoms with Crippen LogP contribution in [0.4, 0.5) is 5.69 Å². The molecule has 3 nitrogen and oxygen atoms in total. The lowest BCUT2D eigenvalue weighted by molar-refractivity contribution is -0.120. The molecule has 0 bridgehead atoms. The molecule has 1 aliphatic heterocycles. The highest BCUT2D eigenvalue weighted by Gasteiger charge is 2.49. The summed E-state index contributed by atoms with van der Waals surface area (Å²) < 4.78 is 0. The van der Waals surface area contributed by atoms with Crippen molar-refractivity contribution in [3.05, 3.63) is 24.0 Å². The van der Waals surface area contributed by atoms with Crippen molar-refractivity contribution in [1.29, 1.82) is 0 Å². The first kappa shape index (κ1) is 7.97. The number of nitrogens with zero attached hydrogens (tertiary/aromatic N) is 1. The molecule has 72 valence electrons. The van der Waals surface area contributed by atoms with E-state index in [1.165, 1.54) is 0 Å². The van der Waals surface area contributed by atoms with Crippen molar-refractivity contribution in [2.24, 2.45) is 0 Å². The lowest BCUT2D eigenvalue weighted by Gasteiger charge is -2.18. The molecule has 14 heavy (non-hydrogen) atoms. The van der Waals surface area contributed by atoms with Crippen molar-refractivity contribution in [1.82, 2.24) is 4.98 Å². The average molecular weight is 188 g/mol. The number of aromatic nitrogens is 1. The van der Waals surface area contributed by atoms with Gasteiger partial charge < -0.3 is 5.32 Å². The zero-order valence-electron chi connectivity index (χ0n) is 7.92. The number of nitrogens with one attached hydrogen (secondary N) is 1. The van der Waals surface area contributed by atoms with E-state index in [1.54, 1.807) is 6.20 Å². The van der Waals surface area contributed by atoms with Crippen LogP contribution in [-0.2, 0) is 10.2 Å². The fraction of sp³-hybridized carbons (Fsp3) is 0.455. The highest BCUT2D eigenvalue weighted by atomic mass is 16.2. The molecule has 2 aliphatic rings. The zero-order chi connectivity index (χ0) is 9.60. The molecule has 1 spiro atoms. The van der Waals surface area contributed by atoms with Crippen LogP contribution in [0.25, 0.3) is 0 Å². The van der Waals surface area contributed by atoms with Crippen LogP contribution >= 0.6 is 0 Å². The third kappa shape index (κ3) is 0.820. The smallest absolute Gasteiger partial charge is 0.236 e. The maximum Gasteiger partial charge on any atom is 0.236 e. The van der Waals surface area contributed by atoms with E-state index in [4.69, 9.17) is 0 Å². The second kappa shape index (κ2) is 2.56. The molecule has 3 rings (SSSR count). The molecule has 1 aromatic heterocycles. The molecule has 0 radical (unpaired) electrons. The molecule has 1 fully saturated rings. The minimum Gasteiger partial charge on any atom is -0.324 e. The molecule has 0 aromatic carbocycles. The summed E-state index contributed by atoms with van der Waals surface area (Å²) in [5.74, 6) is 0.156. The number of anilines is 1. The van der Waals surface area contributed by atoms with Gasteiger partial charge in [-0.25, -0.2) is 0 Å². The Hall–Kier alpha value is -1.38. The van der Waals surface area contributed by atoms with Gasteiger partial charge in [-0.3, -0.25) is 9.78 Å². The molecule has 0 saturated heterocycles. The molecular formula is C11H12N2O. The van der Waals surface area contributed by atoms with Crippen LogP contribution in [0.3, 0.4) is 0 Å². The normalized spacial score (nSPS) is 22.4. The number of amides is 1.